The summed E-state index contributed by atoms with van der Waals surface area (Å²) in [5.74, 6) is 0.518. The van der Waals surface area contributed by atoms with Crippen LogP contribution in [0.25, 0.3) is 11.4 Å². The van der Waals surface area contributed by atoms with Crippen LogP contribution in [0.3, 0.4) is 0 Å². The van der Waals surface area contributed by atoms with E-state index in [1.165, 1.54) is 18.2 Å². The third kappa shape index (κ3) is 6.10. The van der Waals surface area contributed by atoms with Gasteiger partial charge in [0.05, 0.1) is 0 Å². The number of aromatic nitrogens is 2. The van der Waals surface area contributed by atoms with Crippen molar-refractivity contribution in [2.45, 2.75) is 32.4 Å². The normalized spacial score (nSPS) is 15.0. The first-order valence-corrected chi connectivity index (χ1v) is 11.4. The molecule has 4 rings (SSSR count). The maximum absolute atomic E-state index is 13.2. The van der Waals surface area contributed by atoms with Crippen LogP contribution >= 0.6 is 0 Å². The summed E-state index contributed by atoms with van der Waals surface area (Å²) >= 11 is 0. The molecule has 2 amide bonds. The summed E-state index contributed by atoms with van der Waals surface area (Å²) < 4.78 is 19.1. The fraction of sp³-hybridized carbons (Fsp3) is 0.280. The molecule has 1 aromatic heterocycles. The second kappa shape index (κ2) is 10.9. The summed E-state index contributed by atoms with van der Waals surface area (Å²) in [6.45, 7) is 3.94. The SMILES string of the molecule is CCCNCc1cc(Oc2ccc(F)cc2)ccc1-c1nc(N[C@H]2CCNC2=O)cc(C(N)=O)n1. The van der Waals surface area contributed by atoms with Crippen LogP contribution in [-0.4, -0.2) is 40.9 Å². The first-order chi connectivity index (χ1) is 16.9. The Morgan fingerprint density at radius 2 is 1.94 bits per heavy atom. The maximum Gasteiger partial charge on any atom is 0.267 e. The third-order valence-corrected chi connectivity index (χ3v) is 5.46. The van der Waals surface area contributed by atoms with Crippen molar-refractivity contribution in [1.82, 2.24) is 20.6 Å². The van der Waals surface area contributed by atoms with Gasteiger partial charge in [0, 0.05) is 24.7 Å². The summed E-state index contributed by atoms with van der Waals surface area (Å²) in [5, 5.41) is 9.19. The van der Waals surface area contributed by atoms with Gasteiger partial charge in [0.2, 0.25) is 5.91 Å². The van der Waals surface area contributed by atoms with Crippen LogP contribution in [0, 0.1) is 5.82 Å². The molecule has 182 valence electrons. The Morgan fingerprint density at radius 1 is 1.17 bits per heavy atom. The van der Waals surface area contributed by atoms with Crippen LogP contribution in [0.2, 0.25) is 0 Å². The Labute approximate surface area is 202 Å². The van der Waals surface area contributed by atoms with E-state index in [-0.39, 0.29) is 17.4 Å². The number of hydrogen-bond acceptors (Lipinski definition) is 7. The van der Waals surface area contributed by atoms with Gasteiger partial charge >= 0.3 is 0 Å². The van der Waals surface area contributed by atoms with Crippen LogP contribution < -0.4 is 26.4 Å². The molecule has 0 spiro atoms. The zero-order chi connectivity index (χ0) is 24.8. The fourth-order valence-electron chi connectivity index (χ4n) is 3.71. The minimum atomic E-state index is -0.700. The Bertz CT molecular complexity index is 1220. The summed E-state index contributed by atoms with van der Waals surface area (Å²) in [6.07, 6.45) is 1.55. The molecule has 1 saturated heterocycles. The van der Waals surface area contributed by atoms with Gasteiger partial charge in [-0.05, 0) is 67.4 Å². The van der Waals surface area contributed by atoms with Crippen molar-refractivity contribution in [2.75, 3.05) is 18.4 Å². The number of anilines is 1. The highest BCUT2D eigenvalue weighted by Crippen LogP contribution is 2.29. The number of hydrogen-bond donors (Lipinski definition) is 4. The lowest BCUT2D eigenvalue weighted by Crippen LogP contribution is -2.30. The minimum absolute atomic E-state index is 0.0370. The molecule has 2 heterocycles. The summed E-state index contributed by atoms with van der Waals surface area (Å²) in [5.41, 5.74) is 7.08. The molecule has 0 radical (unpaired) electrons. The van der Waals surface area contributed by atoms with Gasteiger partial charge in [-0.2, -0.15) is 0 Å². The molecule has 5 N–H and O–H groups in total. The highest BCUT2D eigenvalue weighted by Gasteiger charge is 2.25. The summed E-state index contributed by atoms with van der Waals surface area (Å²) in [7, 11) is 0. The molecule has 1 atom stereocenters. The van der Waals surface area contributed by atoms with Gasteiger partial charge in [0.1, 0.15) is 34.9 Å². The molecular weight excluding hydrogens is 451 g/mol. The zero-order valence-corrected chi connectivity index (χ0v) is 19.3. The molecule has 0 unspecified atom stereocenters. The van der Waals surface area contributed by atoms with Crippen molar-refractivity contribution < 1.29 is 18.7 Å². The first-order valence-electron chi connectivity index (χ1n) is 11.4. The molecule has 1 aliphatic rings. The van der Waals surface area contributed by atoms with Gasteiger partial charge < -0.3 is 26.4 Å². The van der Waals surface area contributed by atoms with E-state index in [1.807, 2.05) is 6.07 Å². The molecule has 1 fully saturated rings. The number of benzene rings is 2. The van der Waals surface area contributed by atoms with Crippen LogP contribution in [0.4, 0.5) is 10.2 Å². The van der Waals surface area contributed by atoms with E-state index < -0.39 is 11.9 Å². The number of amides is 2. The number of halogens is 1. The van der Waals surface area contributed by atoms with E-state index in [9.17, 15) is 14.0 Å². The van der Waals surface area contributed by atoms with Crippen molar-refractivity contribution in [3.05, 3.63) is 65.6 Å². The highest BCUT2D eigenvalue weighted by atomic mass is 19.1. The number of nitrogens with two attached hydrogens (primary N) is 1. The molecule has 35 heavy (non-hydrogen) atoms. The predicted octanol–water partition coefficient (Wildman–Crippen LogP) is 2.97. The van der Waals surface area contributed by atoms with Crippen molar-refractivity contribution >= 4 is 17.6 Å². The molecule has 1 aliphatic heterocycles. The van der Waals surface area contributed by atoms with Crippen LogP contribution in [-0.2, 0) is 11.3 Å². The standard InChI is InChI=1S/C25H27FN6O3/c1-2-10-28-14-15-12-18(35-17-5-3-16(26)4-6-17)7-8-19(15)24-31-21(23(27)33)13-22(32-24)30-20-9-11-29-25(20)34/h3-8,12-13,20,28H,2,9-11,14H2,1H3,(H2,27,33)(H,29,34)(H,30,31,32)/t20-/m0/s1. The maximum atomic E-state index is 13.2. The van der Waals surface area contributed by atoms with Crippen LogP contribution in [0.15, 0.2) is 48.5 Å². The molecule has 0 aliphatic carbocycles. The Hall–Kier alpha value is -4.05. The lowest BCUT2D eigenvalue weighted by molar-refractivity contribution is -0.119. The van der Waals surface area contributed by atoms with Crippen molar-refractivity contribution in [2.24, 2.45) is 5.73 Å². The number of rotatable bonds is 10. The quantitative estimate of drug-likeness (QED) is 0.330. The van der Waals surface area contributed by atoms with Crippen LogP contribution in [0.1, 0.15) is 35.8 Å². The number of nitrogens with one attached hydrogen (secondary N) is 3. The van der Waals surface area contributed by atoms with Gasteiger partial charge in [0.25, 0.3) is 5.91 Å². The smallest absolute Gasteiger partial charge is 0.267 e. The molecule has 0 saturated carbocycles. The Morgan fingerprint density at radius 3 is 2.63 bits per heavy atom. The van der Waals surface area contributed by atoms with Gasteiger partial charge in [-0.25, -0.2) is 14.4 Å². The van der Waals surface area contributed by atoms with E-state index in [4.69, 9.17) is 10.5 Å². The van der Waals surface area contributed by atoms with Gasteiger partial charge in [0.15, 0.2) is 5.82 Å². The predicted molar refractivity (Wildman–Crippen MR) is 129 cm³/mol. The van der Waals surface area contributed by atoms with E-state index in [1.54, 1.807) is 24.3 Å². The topological polar surface area (TPSA) is 131 Å². The zero-order valence-electron chi connectivity index (χ0n) is 19.3. The number of ether oxygens (including phenoxy) is 1. The number of carbonyl (C=O) groups excluding carboxylic acids is 2. The summed E-state index contributed by atoms with van der Waals surface area (Å²) in [6, 6.07) is 12.1. The fourth-order valence-corrected chi connectivity index (χ4v) is 3.71. The second-order valence-electron chi connectivity index (χ2n) is 8.15. The van der Waals surface area contributed by atoms with E-state index in [0.29, 0.717) is 48.2 Å². The average molecular weight is 479 g/mol. The Balaban J connectivity index is 1.69. The molecule has 10 heteroatoms. The minimum Gasteiger partial charge on any atom is -0.457 e. The van der Waals surface area contributed by atoms with Crippen molar-refractivity contribution in [3.63, 3.8) is 0 Å². The monoisotopic (exact) mass is 478 g/mol. The van der Waals surface area contributed by atoms with Gasteiger partial charge in [-0.3, -0.25) is 9.59 Å². The van der Waals surface area contributed by atoms with Crippen LogP contribution in [0.5, 0.6) is 11.5 Å². The third-order valence-electron chi connectivity index (χ3n) is 5.46. The van der Waals surface area contributed by atoms with E-state index in [2.05, 4.69) is 32.8 Å². The molecule has 0 bridgehead atoms. The molecule has 2 aromatic carbocycles. The van der Waals surface area contributed by atoms with Gasteiger partial charge in [-0.1, -0.05) is 6.92 Å². The molecule has 9 nitrogen and oxygen atoms in total. The number of primary amides is 1. The van der Waals surface area contributed by atoms with E-state index in [0.717, 1.165) is 18.5 Å². The second-order valence-corrected chi connectivity index (χ2v) is 8.15. The number of nitrogens with zero attached hydrogens (tertiary/aromatic N) is 2. The van der Waals surface area contributed by atoms with Crippen molar-refractivity contribution in [3.8, 4) is 22.9 Å². The molecule has 3 aromatic rings. The first kappa shape index (κ1) is 24.1. The van der Waals surface area contributed by atoms with Gasteiger partial charge in [-0.15, -0.1) is 0 Å². The van der Waals surface area contributed by atoms with Crippen molar-refractivity contribution in [1.29, 1.82) is 0 Å². The average Bonchev–Trinajstić information content (AvgIpc) is 3.25. The Kier molecular flexibility index (Phi) is 7.51. The van der Waals surface area contributed by atoms with E-state index >= 15 is 0 Å². The largest absolute Gasteiger partial charge is 0.457 e. The lowest BCUT2D eigenvalue weighted by atomic mass is 10.1. The molecular formula is C25H27FN6O3. The lowest BCUT2D eigenvalue weighted by Gasteiger charge is -2.15. The summed E-state index contributed by atoms with van der Waals surface area (Å²) in [4.78, 5) is 32.9. The highest BCUT2D eigenvalue weighted by molar-refractivity contribution is 5.92. The number of carbonyl (C=O) groups is 2.